The Hall–Kier alpha value is -1.30. The molecule has 1 heterocycles. The predicted molar refractivity (Wildman–Crippen MR) is 68.8 cm³/mol. The minimum Gasteiger partial charge on any atom is -0.467 e. The van der Waals surface area contributed by atoms with Crippen LogP contribution in [0.3, 0.4) is 0 Å². The van der Waals surface area contributed by atoms with Gasteiger partial charge in [-0.05, 0) is 34.6 Å². The van der Waals surface area contributed by atoms with E-state index in [0.29, 0.717) is 13.1 Å². The van der Waals surface area contributed by atoms with E-state index < -0.39 is 17.2 Å². The van der Waals surface area contributed by atoms with Gasteiger partial charge in [-0.3, -0.25) is 0 Å². The quantitative estimate of drug-likeness (QED) is 0.730. The highest BCUT2D eigenvalue weighted by atomic mass is 16.6. The van der Waals surface area contributed by atoms with Crippen LogP contribution in [0.5, 0.6) is 0 Å². The number of hydrogen-bond acceptors (Lipinski definition) is 5. The van der Waals surface area contributed by atoms with Crippen molar-refractivity contribution in [3.63, 3.8) is 0 Å². The van der Waals surface area contributed by atoms with Crippen molar-refractivity contribution >= 4 is 12.1 Å². The van der Waals surface area contributed by atoms with Crippen LogP contribution in [0.2, 0.25) is 0 Å². The van der Waals surface area contributed by atoms with E-state index in [9.17, 15) is 9.59 Å². The summed E-state index contributed by atoms with van der Waals surface area (Å²) in [5.41, 5.74) is -1.51. The van der Waals surface area contributed by atoms with Crippen molar-refractivity contribution in [2.75, 3.05) is 20.2 Å². The van der Waals surface area contributed by atoms with Gasteiger partial charge in [-0.15, -0.1) is 0 Å². The van der Waals surface area contributed by atoms with E-state index in [4.69, 9.17) is 9.47 Å². The van der Waals surface area contributed by atoms with Crippen molar-refractivity contribution in [1.29, 1.82) is 0 Å². The van der Waals surface area contributed by atoms with Gasteiger partial charge >= 0.3 is 12.1 Å². The smallest absolute Gasteiger partial charge is 0.410 e. The van der Waals surface area contributed by atoms with E-state index in [1.165, 1.54) is 7.11 Å². The van der Waals surface area contributed by atoms with Gasteiger partial charge in [0.15, 0.2) is 5.60 Å². The van der Waals surface area contributed by atoms with E-state index in [-0.39, 0.29) is 12.2 Å². The topological polar surface area (TPSA) is 65.1 Å². The Morgan fingerprint density at radius 3 is 2.05 bits per heavy atom. The summed E-state index contributed by atoms with van der Waals surface area (Å²) in [7, 11) is 1.32. The number of ether oxygens (including phenoxy) is 3. The van der Waals surface area contributed by atoms with Gasteiger partial charge < -0.3 is 19.1 Å². The third kappa shape index (κ3) is 4.38. The molecule has 0 spiro atoms. The Morgan fingerprint density at radius 2 is 1.63 bits per heavy atom. The Labute approximate surface area is 114 Å². The van der Waals surface area contributed by atoms with Gasteiger partial charge in [0.1, 0.15) is 5.60 Å². The maximum Gasteiger partial charge on any atom is 0.410 e. The molecule has 1 saturated heterocycles. The molecule has 0 atom stereocenters. The first-order chi connectivity index (χ1) is 8.55. The highest BCUT2D eigenvalue weighted by Crippen LogP contribution is 2.22. The lowest BCUT2D eigenvalue weighted by molar-refractivity contribution is -0.181. The Kier molecular flexibility index (Phi) is 4.45. The third-order valence-electron chi connectivity index (χ3n) is 2.64. The molecule has 0 aromatic heterocycles. The second kappa shape index (κ2) is 5.36. The number of likely N-dealkylation sites (tertiary alicyclic amines) is 1. The Morgan fingerprint density at radius 1 is 1.11 bits per heavy atom. The molecule has 0 radical (unpaired) electrons. The summed E-state index contributed by atoms with van der Waals surface area (Å²) < 4.78 is 15.5. The molecule has 1 aliphatic heterocycles. The van der Waals surface area contributed by atoms with E-state index in [0.717, 1.165) is 0 Å². The average Bonchev–Trinajstić information content (AvgIpc) is 2.18. The van der Waals surface area contributed by atoms with Crippen molar-refractivity contribution in [3.8, 4) is 0 Å². The number of rotatable bonds is 3. The Balaban J connectivity index is 2.38. The number of esters is 1. The van der Waals surface area contributed by atoms with Crippen LogP contribution >= 0.6 is 0 Å². The lowest BCUT2D eigenvalue weighted by Crippen LogP contribution is -2.58. The van der Waals surface area contributed by atoms with Crippen LogP contribution in [-0.4, -0.2) is 54.5 Å². The summed E-state index contributed by atoms with van der Waals surface area (Å²) in [4.78, 5) is 24.7. The summed E-state index contributed by atoms with van der Waals surface area (Å²) in [6.45, 7) is 9.60. The molecular formula is C13H23NO5. The number of carbonyl (C=O) groups excluding carboxylic acids is 2. The lowest BCUT2D eigenvalue weighted by Gasteiger charge is -2.42. The van der Waals surface area contributed by atoms with E-state index in [1.807, 2.05) is 20.8 Å². The Bertz CT molecular complexity index is 353. The molecule has 0 aromatic carbocycles. The van der Waals surface area contributed by atoms with Crippen molar-refractivity contribution in [3.05, 3.63) is 0 Å². The first kappa shape index (κ1) is 15.8. The van der Waals surface area contributed by atoms with E-state index in [2.05, 4.69) is 4.74 Å². The zero-order valence-corrected chi connectivity index (χ0v) is 12.5. The summed E-state index contributed by atoms with van der Waals surface area (Å²) >= 11 is 0. The highest BCUT2D eigenvalue weighted by molar-refractivity contribution is 5.78. The standard InChI is InChI=1S/C13H23NO5/c1-12(2,3)19-11(16)14-7-9(8-14)18-13(4,5)10(15)17-6/h9H,7-8H2,1-6H3. The van der Waals surface area contributed by atoms with Crippen LogP contribution in [0.25, 0.3) is 0 Å². The van der Waals surface area contributed by atoms with Crippen LogP contribution in [-0.2, 0) is 19.0 Å². The maximum absolute atomic E-state index is 11.7. The minimum absolute atomic E-state index is 0.165. The first-order valence-electron chi connectivity index (χ1n) is 6.29. The minimum atomic E-state index is -1.00. The molecule has 0 aliphatic carbocycles. The number of methoxy groups -OCH3 is 1. The number of amides is 1. The van der Waals surface area contributed by atoms with Gasteiger partial charge in [0.2, 0.25) is 0 Å². The summed E-state index contributed by atoms with van der Waals surface area (Å²) in [5, 5.41) is 0. The fourth-order valence-electron chi connectivity index (χ4n) is 1.70. The molecule has 0 unspecified atom stereocenters. The summed E-state index contributed by atoms with van der Waals surface area (Å²) in [6.07, 6.45) is -0.523. The van der Waals surface area contributed by atoms with Crippen molar-refractivity contribution in [2.24, 2.45) is 0 Å². The molecule has 110 valence electrons. The third-order valence-corrected chi connectivity index (χ3v) is 2.64. The SMILES string of the molecule is COC(=O)C(C)(C)OC1CN(C(=O)OC(C)(C)C)C1. The largest absolute Gasteiger partial charge is 0.467 e. The van der Waals surface area contributed by atoms with Crippen LogP contribution in [0, 0.1) is 0 Å². The van der Waals surface area contributed by atoms with Crippen molar-refractivity contribution in [1.82, 2.24) is 4.90 Å². The fourth-order valence-corrected chi connectivity index (χ4v) is 1.70. The maximum atomic E-state index is 11.7. The molecule has 0 bridgehead atoms. The van der Waals surface area contributed by atoms with E-state index >= 15 is 0 Å². The zero-order valence-electron chi connectivity index (χ0n) is 12.5. The number of hydrogen-bond donors (Lipinski definition) is 0. The number of nitrogens with zero attached hydrogens (tertiary/aromatic N) is 1. The van der Waals surface area contributed by atoms with E-state index in [1.54, 1.807) is 18.7 Å². The van der Waals surface area contributed by atoms with Gasteiger partial charge in [0.25, 0.3) is 0 Å². The molecule has 1 amide bonds. The van der Waals surface area contributed by atoms with Gasteiger partial charge in [-0.2, -0.15) is 0 Å². The molecule has 0 saturated carbocycles. The molecule has 0 N–H and O–H groups in total. The van der Waals surface area contributed by atoms with Crippen LogP contribution in [0.1, 0.15) is 34.6 Å². The lowest BCUT2D eigenvalue weighted by atomic mass is 10.1. The molecule has 6 nitrogen and oxygen atoms in total. The van der Waals surface area contributed by atoms with Gasteiger partial charge in [-0.1, -0.05) is 0 Å². The normalized spacial score (nSPS) is 16.8. The van der Waals surface area contributed by atoms with Gasteiger partial charge in [0.05, 0.1) is 26.3 Å². The molecule has 0 aromatic rings. The van der Waals surface area contributed by atoms with Gasteiger partial charge in [-0.25, -0.2) is 9.59 Å². The van der Waals surface area contributed by atoms with Crippen LogP contribution in [0.15, 0.2) is 0 Å². The molecule has 19 heavy (non-hydrogen) atoms. The zero-order chi connectivity index (χ0) is 14.8. The van der Waals surface area contributed by atoms with Crippen molar-refractivity contribution in [2.45, 2.75) is 51.9 Å². The molecular weight excluding hydrogens is 250 g/mol. The molecule has 1 rings (SSSR count). The molecule has 1 fully saturated rings. The fraction of sp³-hybridized carbons (Fsp3) is 0.846. The highest BCUT2D eigenvalue weighted by Gasteiger charge is 2.40. The van der Waals surface area contributed by atoms with Gasteiger partial charge in [0, 0.05) is 0 Å². The predicted octanol–water partition coefficient (Wildman–Crippen LogP) is 1.57. The summed E-state index contributed by atoms with van der Waals surface area (Å²) in [5.74, 6) is -0.428. The monoisotopic (exact) mass is 273 g/mol. The number of carbonyl (C=O) groups is 2. The average molecular weight is 273 g/mol. The van der Waals surface area contributed by atoms with Crippen LogP contribution < -0.4 is 0 Å². The molecule has 6 heteroatoms. The summed E-state index contributed by atoms with van der Waals surface area (Å²) in [6, 6.07) is 0. The second-order valence-electron chi connectivity index (χ2n) is 6.13. The molecule has 1 aliphatic rings. The van der Waals surface area contributed by atoms with Crippen LogP contribution in [0.4, 0.5) is 4.79 Å². The first-order valence-corrected chi connectivity index (χ1v) is 6.29. The van der Waals surface area contributed by atoms with Crippen molar-refractivity contribution < 1.29 is 23.8 Å². The second-order valence-corrected chi connectivity index (χ2v) is 6.13.